The highest BCUT2D eigenvalue weighted by atomic mass is 32.2. The molecular weight excluding hydrogens is 222 g/mol. The normalized spacial score (nSPS) is 14.6. The SMILES string of the molecule is CNC(CS(=O)CCOC)c1ccccc1. The first-order chi connectivity index (χ1) is 7.77. The summed E-state index contributed by atoms with van der Waals surface area (Å²) in [6.45, 7) is 0.553. The molecule has 0 heterocycles. The van der Waals surface area contributed by atoms with Crippen molar-refractivity contribution >= 4 is 10.8 Å². The molecule has 0 saturated carbocycles. The van der Waals surface area contributed by atoms with Gasteiger partial charge in [-0.25, -0.2) is 0 Å². The van der Waals surface area contributed by atoms with E-state index < -0.39 is 10.8 Å². The fraction of sp³-hybridized carbons (Fsp3) is 0.500. The molecule has 1 rings (SSSR count). The van der Waals surface area contributed by atoms with Gasteiger partial charge in [-0.2, -0.15) is 0 Å². The van der Waals surface area contributed by atoms with Crippen LogP contribution in [0.25, 0.3) is 0 Å². The van der Waals surface area contributed by atoms with Crippen LogP contribution >= 0.6 is 0 Å². The first kappa shape index (κ1) is 13.4. The van der Waals surface area contributed by atoms with Crippen molar-refractivity contribution in [3.8, 4) is 0 Å². The van der Waals surface area contributed by atoms with E-state index in [0.717, 1.165) is 0 Å². The Labute approximate surface area is 99.7 Å². The number of nitrogens with one attached hydrogen (secondary N) is 1. The zero-order chi connectivity index (χ0) is 11.8. The molecule has 0 spiro atoms. The van der Waals surface area contributed by atoms with Gasteiger partial charge in [0.1, 0.15) is 0 Å². The second-order valence-corrected chi connectivity index (χ2v) is 5.18. The molecule has 0 radical (unpaired) electrons. The Balaban J connectivity index is 2.52. The molecule has 0 saturated heterocycles. The van der Waals surface area contributed by atoms with Gasteiger partial charge in [0.05, 0.1) is 6.61 Å². The molecule has 16 heavy (non-hydrogen) atoms. The zero-order valence-electron chi connectivity index (χ0n) is 9.81. The van der Waals surface area contributed by atoms with Gasteiger partial charge in [0.2, 0.25) is 0 Å². The molecule has 0 amide bonds. The van der Waals surface area contributed by atoms with Gasteiger partial charge in [0, 0.05) is 35.5 Å². The summed E-state index contributed by atoms with van der Waals surface area (Å²) in [6, 6.07) is 10.2. The van der Waals surface area contributed by atoms with E-state index in [-0.39, 0.29) is 6.04 Å². The zero-order valence-corrected chi connectivity index (χ0v) is 10.6. The van der Waals surface area contributed by atoms with Gasteiger partial charge in [-0.1, -0.05) is 30.3 Å². The molecule has 0 bridgehead atoms. The summed E-state index contributed by atoms with van der Waals surface area (Å²) in [6.07, 6.45) is 0. The highest BCUT2D eigenvalue weighted by molar-refractivity contribution is 7.85. The molecule has 2 atom stereocenters. The van der Waals surface area contributed by atoms with E-state index in [2.05, 4.69) is 17.4 Å². The number of hydrogen-bond acceptors (Lipinski definition) is 3. The average molecular weight is 241 g/mol. The van der Waals surface area contributed by atoms with Crippen LogP contribution < -0.4 is 5.32 Å². The predicted molar refractivity (Wildman–Crippen MR) is 68.0 cm³/mol. The lowest BCUT2D eigenvalue weighted by molar-refractivity contribution is 0.218. The quantitative estimate of drug-likeness (QED) is 0.783. The lowest BCUT2D eigenvalue weighted by Crippen LogP contribution is -2.24. The summed E-state index contributed by atoms with van der Waals surface area (Å²) in [5, 5.41) is 3.19. The summed E-state index contributed by atoms with van der Waals surface area (Å²) in [5.41, 5.74) is 1.18. The van der Waals surface area contributed by atoms with Crippen LogP contribution in [0.1, 0.15) is 11.6 Å². The first-order valence-corrected chi connectivity index (χ1v) is 6.83. The topological polar surface area (TPSA) is 38.3 Å². The summed E-state index contributed by atoms with van der Waals surface area (Å²) in [5.74, 6) is 1.23. The van der Waals surface area contributed by atoms with Crippen LogP contribution in [0.4, 0.5) is 0 Å². The van der Waals surface area contributed by atoms with Crippen LogP contribution in [0.15, 0.2) is 30.3 Å². The number of rotatable bonds is 7. The average Bonchev–Trinajstić information content (AvgIpc) is 2.34. The van der Waals surface area contributed by atoms with E-state index >= 15 is 0 Å². The van der Waals surface area contributed by atoms with E-state index in [1.807, 2.05) is 25.2 Å². The molecule has 2 unspecified atom stereocenters. The summed E-state index contributed by atoms with van der Waals surface area (Å²) < 4.78 is 16.7. The third-order valence-corrected chi connectivity index (χ3v) is 3.75. The van der Waals surface area contributed by atoms with Gasteiger partial charge in [0.15, 0.2) is 0 Å². The molecule has 90 valence electrons. The minimum Gasteiger partial charge on any atom is -0.384 e. The molecular formula is C12H19NO2S. The Hall–Kier alpha value is -0.710. The highest BCUT2D eigenvalue weighted by Gasteiger charge is 2.12. The molecule has 0 aliphatic rings. The van der Waals surface area contributed by atoms with Crippen molar-refractivity contribution in [1.82, 2.24) is 5.32 Å². The molecule has 0 aliphatic carbocycles. The monoisotopic (exact) mass is 241 g/mol. The summed E-state index contributed by atoms with van der Waals surface area (Å²) >= 11 is 0. The van der Waals surface area contributed by atoms with Crippen LogP contribution in [0.2, 0.25) is 0 Å². The third kappa shape index (κ3) is 4.43. The molecule has 1 aromatic rings. The summed E-state index contributed by atoms with van der Waals surface area (Å²) in [7, 11) is 2.69. The Kier molecular flexibility index (Phi) is 6.30. The van der Waals surface area contributed by atoms with Crippen molar-refractivity contribution in [1.29, 1.82) is 0 Å². The van der Waals surface area contributed by atoms with Crippen molar-refractivity contribution in [2.45, 2.75) is 6.04 Å². The minimum absolute atomic E-state index is 0.152. The van der Waals surface area contributed by atoms with Crippen LogP contribution in [0.5, 0.6) is 0 Å². The van der Waals surface area contributed by atoms with E-state index in [9.17, 15) is 4.21 Å². The fourth-order valence-electron chi connectivity index (χ4n) is 1.48. The standard InChI is InChI=1S/C12H19NO2S/c1-13-12(10-16(14)9-8-15-2)11-6-4-3-5-7-11/h3-7,12-13H,8-10H2,1-2H3. The Morgan fingerprint density at radius 2 is 2.06 bits per heavy atom. The Bertz CT molecular complexity index is 316. The first-order valence-electron chi connectivity index (χ1n) is 5.34. The molecule has 0 aromatic heterocycles. The Morgan fingerprint density at radius 3 is 2.62 bits per heavy atom. The number of benzene rings is 1. The number of ether oxygens (including phenoxy) is 1. The van der Waals surface area contributed by atoms with Crippen molar-refractivity contribution in [3.05, 3.63) is 35.9 Å². The highest BCUT2D eigenvalue weighted by Crippen LogP contribution is 2.13. The van der Waals surface area contributed by atoms with Gasteiger partial charge in [-0.05, 0) is 12.6 Å². The Morgan fingerprint density at radius 1 is 1.38 bits per heavy atom. The number of hydrogen-bond donors (Lipinski definition) is 1. The second kappa shape index (κ2) is 7.54. The molecule has 3 nitrogen and oxygen atoms in total. The largest absolute Gasteiger partial charge is 0.384 e. The second-order valence-electron chi connectivity index (χ2n) is 3.56. The van der Waals surface area contributed by atoms with Crippen LogP contribution in [-0.4, -0.2) is 36.5 Å². The van der Waals surface area contributed by atoms with E-state index in [4.69, 9.17) is 4.74 Å². The van der Waals surface area contributed by atoms with E-state index in [0.29, 0.717) is 18.1 Å². The van der Waals surface area contributed by atoms with Gasteiger partial charge in [0.25, 0.3) is 0 Å². The maximum absolute atomic E-state index is 11.7. The molecule has 1 aromatic carbocycles. The molecule has 0 fully saturated rings. The fourth-order valence-corrected chi connectivity index (χ4v) is 2.73. The van der Waals surface area contributed by atoms with Crippen molar-refractivity contribution in [3.63, 3.8) is 0 Å². The maximum Gasteiger partial charge on any atom is 0.0577 e. The minimum atomic E-state index is -0.838. The van der Waals surface area contributed by atoms with Gasteiger partial charge < -0.3 is 10.1 Å². The van der Waals surface area contributed by atoms with Crippen LogP contribution in [0.3, 0.4) is 0 Å². The third-order valence-electron chi connectivity index (χ3n) is 2.42. The predicted octanol–water partition coefficient (Wildman–Crippen LogP) is 1.34. The van der Waals surface area contributed by atoms with E-state index in [1.54, 1.807) is 7.11 Å². The van der Waals surface area contributed by atoms with Crippen molar-refractivity contribution in [2.24, 2.45) is 0 Å². The van der Waals surface area contributed by atoms with Crippen LogP contribution in [-0.2, 0) is 15.5 Å². The lowest BCUT2D eigenvalue weighted by atomic mass is 10.1. The number of methoxy groups -OCH3 is 1. The van der Waals surface area contributed by atoms with Crippen LogP contribution in [0, 0.1) is 0 Å². The lowest BCUT2D eigenvalue weighted by Gasteiger charge is -2.15. The molecule has 1 N–H and O–H groups in total. The van der Waals surface area contributed by atoms with Gasteiger partial charge in [-0.3, -0.25) is 4.21 Å². The molecule has 0 aliphatic heterocycles. The van der Waals surface area contributed by atoms with Gasteiger partial charge >= 0.3 is 0 Å². The smallest absolute Gasteiger partial charge is 0.0577 e. The van der Waals surface area contributed by atoms with Gasteiger partial charge in [-0.15, -0.1) is 0 Å². The maximum atomic E-state index is 11.7. The van der Waals surface area contributed by atoms with Crippen molar-refractivity contribution < 1.29 is 8.95 Å². The molecule has 4 heteroatoms. The van der Waals surface area contributed by atoms with E-state index in [1.165, 1.54) is 5.56 Å². The summed E-state index contributed by atoms with van der Waals surface area (Å²) in [4.78, 5) is 0. The van der Waals surface area contributed by atoms with Crippen molar-refractivity contribution in [2.75, 3.05) is 32.3 Å².